The second kappa shape index (κ2) is 5.19. The topological polar surface area (TPSA) is 26.0 Å². The summed E-state index contributed by atoms with van der Waals surface area (Å²) in [4.78, 5) is 0.897. The number of nitrogens with two attached hydrogens (primary N) is 1. The van der Waals surface area contributed by atoms with E-state index in [1.165, 1.54) is 30.0 Å². The molecule has 0 amide bonds. The summed E-state index contributed by atoms with van der Waals surface area (Å²) < 4.78 is 26.3. The number of hydrogen-bond acceptors (Lipinski definition) is 2. The highest BCUT2D eigenvalue weighted by Crippen LogP contribution is 2.25. The van der Waals surface area contributed by atoms with Crippen LogP contribution in [0.3, 0.4) is 0 Å². The van der Waals surface area contributed by atoms with E-state index in [9.17, 15) is 8.78 Å². The Morgan fingerprint density at radius 2 is 1.71 bits per heavy atom. The van der Waals surface area contributed by atoms with E-state index in [2.05, 4.69) is 0 Å². The van der Waals surface area contributed by atoms with Gasteiger partial charge in [0, 0.05) is 16.2 Å². The molecule has 4 heteroatoms. The summed E-state index contributed by atoms with van der Waals surface area (Å²) in [5.74, 6) is -0.172. The van der Waals surface area contributed by atoms with Crippen LogP contribution in [0.1, 0.15) is 5.56 Å². The van der Waals surface area contributed by atoms with E-state index in [4.69, 9.17) is 5.73 Å². The van der Waals surface area contributed by atoms with Crippen LogP contribution >= 0.6 is 11.8 Å². The molecule has 1 nitrogen and oxygen atoms in total. The van der Waals surface area contributed by atoms with E-state index in [-0.39, 0.29) is 17.3 Å². The van der Waals surface area contributed by atoms with E-state index < -0.39 is 0 Å². The van der Waals surface area contributed by atoms with E-state index >= 15 is 0 Å². The lowest BCUT2D eigenvalue weighted by atomic mass is 10.2. The van der Waals surface area contributed by atoms with Gasteiger partial charge in [-0.15, -0.1) is 11.8 Å². The Hall–Kier alpha value is -1.55. The third-order valence-electron chi connectivity index (χ3n) is 2.32. The number of rotatable bonds is 3. The molecular formula is C13H11F2NS. The zero-order valence-corrected chi connectivity index (χ0v) is 9.81. The van der Waals surface area contributed by atoms with Crippen molar-refractivity contribution in [3.8, 4) is 0 Å². The first kappa shape index (κ1) is 11.9. The maximum absolute atomic E-state index is 13.6. The van der Waals surface area contributed by atoms with Crippen LogP contribution in [0, 0.1) is 11.6 Å². The predicted octanol–water partition coefficient (Wildman–Crippen LogP) is 3.84. The highest BCUT2D eigenvalue weighted by Gasteiger charge is 2.05. The molecule has 88 valence electrons. The molecule has 0 bridgehead atoms. The van der Waals surface area contributed by atoms with Crippen molar-refractivity contribution >= 4 is 17.4 Å². The van der Waals surface area contributed by atoms with Gasteiger partial charge in [-0.2, -0.15) is 0 Å². The average Bonchev–Trinajstić information content (AvgIpc) is 2.33. The molecule has 0 heterocycles. The van der Waals surface area contributed by atoms with Crippen molar-refractivity contribution in [3.63, 3.8) is 0 Å². The average molecular weight is 251 g/mol. The zero-order chi connectivity index (χ0) is 12.3. The van der Waals surface area contributed by atoms with Crippen LogP contribution < -0.4 is 5.73 Å². The van der Waals surface area contributed by atoms with Crippen molar-refractivity contribution in [2.45, 2.75) is 10.6 Å². The van der Waals surface area contributed by atoms with Crippen LogP contribution in [0.4, 0.5) is 14.5 Å². The lowest BCUT2D eigenvalue weighted by Crippen LogP contribution is -1.94. The van der Waals surface area contributed by atoms with Gasteiger partial charge in [0.2, 0.25) is 0 Å². The van der Waals surface area contributed by atoms with Gasteiger partial charge in [-0.05, 0) is 30.3 Å². The lowest BCUT2D eigenvalue weighted by Gasteiger charge is -2.05. The largest absolute Gasteiger partial charge is 0.396 e. The molecule has 0 aliphatic carbocycles. The van der Waals surface area contributed by atoms with Crippen molar-refractivity contribution in [1.82, 2.24) is 0 Å². The van der Waals surface area contributed by atoms with Crippen molar-refractivity contribution < 1.29 is 8.78 Å². The molecule has 0 atom stereocenters. The molecule has 2 N–H and O–H groups in total. The zero-order valence-electron chi connectivity index (χ0n) is 8.99. The molecule has 2 aromatic rings. The van der Waals surface area contributed by atoms with Gasteiger partial charge >= 0.3 is 0 Å². The van der Waals surface area contributed by atoms with Gasteiger partial charge in [-0.25, -0.2) is 8.78 Å². The SMILES string of the molecule is Nc1cccc(CSc2ccc(F)cc2)c1F. The molecule has 17 heavy (non-hydrogen) atoms. The van der Waals surface area contributed by atoms with E-state index in [0.717, 1.165) is 4.90 Å². The van der Waals surface area contributed by atoms with Crippen molar-refractivity contribution in [2.24, 2.45) is 0 Å². The molecule has 0 aromatic heterocycles. The van der Waals surface area contributed by atoms with Gasteiger partial charge in [-0.1, -0.05) is 12.1 Å². The molecule has 0 saturated carbocycles. The molecule has 2 rings (SSSR count). The first-order valence-corrected chi connectivity index (χ1v) is 6.06. The lowest BCUT2D eigenvalue weighted by molar-refractivity contribution is 0.622. The Bertz CT molecular complexity index is 511. The number of hydrogen-bond donors (Lipinski definition) is 1. The summed E-state index contributed by atoms with van der Waals surface area (Å²) in [6.45, 7) is 0. The van der Waals surface area contributed by atoms with Crippen LogP contribution in [0.2, 0.25) is 0 Å². The predicted molar refractivity (Wildman–Crippen MR) is 66.8 cm³/mol. The summed E-state index contributed by atoms with van der Waals surface area (Å²) in [5, 5.41) is 0. The highest BCUT2D eigenvalue weighted by molar-refractivity contribution is 7.98. The van der Waals surface area contributed by atoms with E-state index in [0.29, 0.717) is 11.3 Å². The summed E-state index contributed by atoms with van der Waals surface area (Å²) >= 11 is 1.44. The number of thioether (sulfide) groups is 1. The summed E-state index contributed by atoms with van der Waals surface area (Å²) in [6.07, 6.45) is 0. The monoisotopic (exact) mass is 251 g/mol. The molecule has 0 radical (unpaired) electrons. The van der Waals surface area contributed by atoms with E-state index in [1.54, 1.807) is 24.3 Å². The maximum Gasteiger partial charge on any atom is 0.150 e. The number of anilines is 1. The van der Waals surface area contributed by atoms with Gasteiger partial charge < -0.3 is 5.73 Å². The van der Waals surface area contributed by atoms with Gasteiger partial charge in [-0.3, -0.25) is 0 Å². The quantitative estimate of drug-likeness (QED) is 0.662. The molecule has 0 aliphatic rings. The minimum absolute atomic E-state index is 0.155. The molecule has 0 spiro atoms. The van der Waals surface area contributed by atoms with Crippen molar-refractivity contribution in [3.05, 3.63) is 59.7 Å². The fourth-order valence-corrected chi connectivity index (χ4v) is 2.28. The Kier molecular flexibility index (Phi) is 3.64. The third-order valence-corrected chi connectivity index (χ3v) is 3.38. The van der Waals surface area contributed by atoms with Crippen LogP contribution in [-0.2, 0) is 5.75 Å². The first-order chi connectivity index (χ1) is 8.16. The fourth-order valence-electron chi connectivity index (χ4n) is 1.40. The number of nitrogen functional groups attached to an aromatic ring is 1. The smallest absolute Gasteiger partial charge is 0.150 e. The summed E-state index contributed by atoms with van der Waals surface area (Å²) in [6, 6.07) is 11.1. The van der Waals surface area contributed by atoms with Crippen LogP contribution in [0.25, 0.3) is 0 Å². The maximum atomic E-state index is 13.6. The van der Waals surface area contributed by atoms with Crippen LogP contribution in [0.15, 0.2) is 47.4 Å². The molecule has 0 aliphatic heterocycles. The Morgan fingerprint density at radius 1 is 1.00 bits per heavy atom. The molecule has 2 aromatic carbocycles. The van der Waals surface area contributed by atoms with Crippen LogP contribution in [0.5, 0.6) is 0 Å². The number of halogens is 2. The third kappa shape index (κ3) is 2.97. The molecule has 0 saturated heterocycles. The normalized spacial score (nSPS) is 10.5. The standard InChI is InChI=1S/C13H11F2NS/c14-10-4-6-11(7-5-10)17-8-9-2-1-3-12(16)13(9)15/h1-7H,8,16H2. The van der Waals surface area contributed by atoms with Crippen molar-refractivity contribution in [1.29, 1.82) is 0 Å². The van der Waals surface area contributed by atoms with Gasteiger partial charge in [0.05, 0.1) is 5.69 Å². The summed E-state index contributed by atoms with van der Waals surface area (Å²) in [7, 11) is 0. The second-order valence-corrected chi connectivity index (χ2v) is 4.61. The Morgan fingerprint density at radius 3 is 2.41 bits per heavy atom. The van der Waals surface area contributed by atoms with E-state index in [1.807, 2.05) is 0 Å². The summed E-state index contributed by atoms with van der Waals surface area (Å²) in [5.41, 5.74) is 6.19. The second-order valence-electron chi connectivity index (χ2n) is 3.56. The first-order valence-electron chi connectivity index (χ1n) is 5.08. The number of benzene rings is 2. The Labute approximate surface area is 103 Å². The van der Waals surface area contributed by atoms with Gasteiger partial charge in [0.15, 0.2) is 0 Å². The molecule has 0 fully saturated rings. The van der Waals surface area contributed by atoms with Crippen LogP contribution in [-0.4, -0.2) is 0 Å². The molecule has 0 unspecified atom stereocenters. The Balaban J connectivity index is 2.07. The van der Waals surface area contributed by atoms with Gasteiger partial charge in [0.25, 0.3) is 0 Å². The van der Waals surface area contributed by atoms with Crippen molar-refractivity contribution in [2.75, 3.05) is 5.73 Å². The highest BCUT2D eigenvalue weighted by atomic mass is 32.2. The fraction of sp³-hybridized carbons (Fsp3) is 0.0769. The molecular weight excluding hydrogens is 240 g/mol. The minimum atomic E-state index is -0.373. The minimum Gasteiger partial charge on any atom is -0.396 e. The van der Waals surface area contributed by atoms with Gasteiger partial charge in [0.1, 0.15) is 11.6 Å².